The first-order valence-electron chi connectivity index (χ1n) is 4.34. The largest absolute Gasteiger partial charge is 0.466 e. The molecule has 0 fully saturated rings. The van der Waals surface area contributed by atoms with E-state index in [0.29, 0.717) is 19.4 Å². The minimum atomic E-state index is -0.342. The highest BCUT2D eigenvalue weighted by atomic mass is 16.5. The first-order valence-corrected chi connectivity index (χ1v) is 4.34. The molecule has 0 aromatic rings. The molecule has 0 saturated carbocycles. The lowest BCUT2D eigenvalue weighted by Crippen LogP contribution is -2.28. The van der Waals surface area contributed by atoms with Crippen LogP contribution < -0.4 is 5.32 Å². The topological polar surface area (TPSA) is 85.9 Å². The molecular formula is C9H13N3O2. The Bertz CT molecular complexity index is 252. The normalized spacial score (nSPS) is 11.1. The van der Waals surface area contributed by atoms with E-state index in [-0.39, 0.29) is 18.6 Å². The van der Waals surface area contributed by atoms with Gasteiger partial charge in [-0.05, 0) is 12.8 Å². The Hall–Kier alpha value is -1.59. The molecule has 76 valence electrons. The van der Waals surface area contributed by atoms with Gasteiger partial charge >= 0.3 is 5.97 Å². The van der Waals surface area contributed by atoms with E-state index in [1.807, 2.05) is 12.1 Å². The number of ether oxygens (including phenoxy) is 1. The maximum atomic E-state index is 10.4. The van der Waals surface area contributed by atoms with Crippen LogP contribution in [0.2, 0.25) is 0 Å². The van der Waals surface area contributed by atoms with E-state index < -0.39 is 0 Å². The molecule has 0 rings (SSSR count). The molecule has 0 aromatic carbocycles. The van der Waals surface area contributed by atoms with Crippen LogP contribution in [0.3, 0.4) is 0 Å². The SMILES string of the molecule is CC(=O)OCCCC(C#N)NCC#N. The molecule has 1 N–H and O–H groups in total. The number of carbonyl (C=O) groups excluding carboxylic acids is 1. The number of nitrogens with one attached hydrogen (secondary N) is 1. The summed E-state index contributed by atoms with van der Waals surface area (Å²) in [5.74, 6) is -0.316. The van der Waals surface area contributed by atoms with Crippen LogP contribution in [0.1, 0.15) is 19.8 Å². The number of carbonyl (C=O) groups is 1. The van der Waals surface area contributed by atoms with Crippen LogP contribution in [-0.2, 0) is 9.53 Å². The van der Waals surface area contributed by atoms with Crippen LogP contribution in [0.15, 0.2) is 0 Å². The monoisotopic (exact) mass is 195 g/mol. The van der Waals surface area contributed by atoms with Crippen molar-refractivity contribution < 1.29 is 9.53 Å². The molecule has 0 amide bonds. The first kappa shape index (κ1) is 12.4. The second kappa shape index (κ2) is 8.03. The lowest BCUT2D eigenvalue weighted by Gasteiger charge is -2.07. The summed E-state index contributed by atoms with van der Waals surface area (Å²) in [7, 11) is 0. The number of hydrogen-bond donors (Lipinski definition) is 1. The molecule has 0 spiro atoms. The molecule has 0 aliphatic heterocycles. The summed E-state index contributed by atoms with van der Waals surface area (Å²) in [4.78, 5) is 10.4. The number of hydrogen-bond acceptors (Lipinski definition) is 5. The minimum Gasteiger partial charge on any atom is -0.466 e. The molecule has 0 aromatic heterocycles. The Balaban J connectivity index is 3.50. The molecule has 1 unspecified atom stereocenters. The van der Waals surface area contributed by atoms with Crippen molar-refractivity contribution in [3.8, 4) is 12.1 Å². The Labute approximate surface area is 83.3 Å². The zero-order valence-electron chi connectivity index (χ0n) is 8.12. The van der Waals surface area contributed by atoms with Crippen molar-refractivity contribution in [3.63, 3.8) is 0 Å². The summed E-state index contributed by atoms with van der Waals surface area (Å²) < 4.78 is 4.70. The van der Waals surface area contributed by atoms with Gasteiger partial charge in [0.05, 0.1) is 31.3 Å². The van der Waals surface area contributed by atoms with Gasteiger partial charge in [0.15, 0.2) is 0 Å². The average molecular weight is 195 g/mol. The Morgan fingerprint density at radius 2 is 2.29 bits per heavy atom. The van der Waals surface area contributed by atoms with Crippen molar-refractivity contribution >= 4 is 5.97 Å². The molecular weight excluding hydrogens is 182 g/mol. The molecule has 5 heteroatoms. The molecule has 14 heavy (non-hydrogen) atoms. The van der Waals surface area contributed by atoms with Crippen LogP contribution in [0.4, 0.5) is 0 Å². The highest BCUT2D eigenvalue weighted by Crippen LogP contribution is 1.96. The average Bonchev–Trinajstić information content (AvgIpc) is 2.16. The van der Waals surface area contributed by atoms with Gasteiger partial charge in [-0.2, -0.15) is 10.5 Å². The fourth-order valence-corrected chi connectivity index (χ4v) is 0.884. The van der Waals surface area contributed by atoms with Crippen molar-refractivity contribution in [3.05, 3.63) is 0 Å². The maximum Gasteiger partial charge on any atom is 0.302 e. The summed E-state index contributed by atoms with van der Waals surface area (Å²) in [5, 5.41) is 19.6. The third-order valence-electron chi connectivity index (χ3n) is 1.53. The van der Waals surface area contributed by atoms with Gasteiger partial charge in [0.1, 0.15) is 0 Å². The predicted octanol–water partition coefficient (Wildman–Crippen LogP) is 0.335. The lowest BCUT2D eigenvalue weighted by atomic mass is 10.2. The second-order valence-electron chi connectivity index (χ2n) is 2.70. The van der Waals surface area contributed by atoms with Gasteiger partial charge in [-0.3, -0.25) is 10.1 Å². The third-order valence-corrected chi connectivity index (χ3v) is 1.53. The van der Waals surface area contributed by atoms with Crippen molar-refractivity contribution in [2.45, 2.75) is 25.8 Å². The number of esters is 1. The van der Waals surface area contributed by atoms with E-state index in [0.717, 1.165) is 0 Å². The Morgan fingerprint density at radius 1 is 1.57 bits per heavy atom. The number of nitrogens with zero attached hydrogens (tertiary/aromatic N) is 2. The summed E-state index contributed by atoms with van der Waals surface area (Å²) in [6.45, 7) is 1.82. The zero-order valence-corrected chi connectivity index (χ0v) is 8.12. The molecule has 5 nitrogen and oxygen atoms in total. The quantitative estimate of drug-likeness (QED) is 0.375. The Morgan fingerprint density at radius 3 is 2.79 bits per heavy atom. The van der Waals surface area contributed by atoms with Gasteiger partial charge in [-0.15, -0.1) is 0 Å². The Kier molecular flexibility index (Phi) is 7.12. The van der Waals surface area contributed by atoms with E-state index in [9.17, 15) is 4.79 Å². The lowest BCUT2D eigenvalue weighted by molar-refractivity contribution is -0.141. The smallest absolute Gasteiger partial charge is 0.302 e. The maximum absolute atomic E-state index is 10.4. The predicted molar refractivity (Wildman–Crippen MR) is 48.9 cm³/mol. The van der Waals surface area contributed by atoms with Crippen LogP contribution in [0.5, 0.6) is 0 Å². The summed E-state index contributed by atoms with van der Waals surface area (Å²) in [6.07, 6.45) is 1.20. The van der Waals surface area contributed by atoms with Gasteiger partial charge in [-0.25, -0.2) is 0 Å². The summed E-state index contributed by atoms with van der Waals surface area (Å²) >= 11 is 0. The molecule has 0 bridgehead atoms. The van der Waals surface area contributed by atoms with Crippen molar-refractivity contribution in [1.29, 1.82) is 10.5 Å². The minimum absolute atomic E-state index is 0.159. The highest BCUT2D eigenvalue weighted by molar-refractivity contribution is 5.65. The van der Waals surface area contributed by atoms with E-state index in [1.165, 1.54) is 6.92 Å². The summed E-state index contributed by atoms with van der Waals surface area (Å²) in [6, 6.07) is 3.57. The van der Waals surface area contributed by atoms with E-state index >= 15 is 0 Å². The van der Waals surface area contributed by atoms with Crippen molar-refractivity contribution in [2.24, 2.45) is 0 Å². The van der Waals surface area contributed by atoms with Gasteiger partial charge in [0.2, 0.25) is 0 Å². The van der Waals surface area contributed by atoms with Gasteiger partial charge < -0.3 is 4.74 Å². The van der Waals surface area contributed by atoms with Crippen molar-refractivity contribution in [1.82, 2.24) is 5.32 Å². The fourth-order valence-electron chi connectivity index (χ4n) is 0.884. The van der Waals surface area contributed by atoms with Crippen LogP contribution in [0, 0.1) is 22.7 Å². The fraction of sp³-hybridized carbons (Fsp3) is 0.667. The van der Waals surface area contributed by atoms with Crippen molar-refractivity contribution in [2.75, 3.05) is 13.2 Å². The first-order chi connectivity index (χ1) is 6.70. The van der Waals surface area contributed by atoms with Crippen LogP contribution in [0.25, 0.3) is 0 Å². The third kappa shape index (κ3) is 7.08. The molecule has 0 heterocycles. The molecule has 0 aliphatic rings. The standard InChI is InChI=1S/C9H13N3O2/c1-8(13)14-6-2-3-9(7-11)12-5-4-10/h9,12H,2-3,5-6H2,1H3. The van der Waals surface area contributed by atoms with Crippen LogP contribution in [-0.4, -0.2) is 25.2 Å². The van der Waals surface area contributed by atoms with E-state index in [1.54, 1.807) is 0 Å². The number of rotatable bonds is 6. The van der Waals surface area contributed by atoms with E-state index in [2.05, 4.69) is 5.32 Å². The number of nitriles is 2. The molecule has 1 atom stereocenters. The molecule has 0 aliphatic carbocycles. The van der Waals surface area contributed by atoms with Crippen LogP contribution >= 0.6 is 0 Å². The zero-order chi connectivity index (χ0) is 10.8. The molecule has 0 radical (unpaired) electrons. The summed E-state index contributed by atoms with van der Waals surface area (Å²) in [5.41, 5.74) is 0. The van der Waals surface area contributed by atoms with E-state index in [4.69, 9.17) is 15.3 Å². The second-order valence-corrected chi connectivity index (χ2v) is 2.70. The van der Waals surface area contributed by atoms with Gasteiger partial charge in [-0.1, -0.05) is 0 Å². The van der Waals surface area contributed by atoms with Gasteiger partial charge in [0.25, 0.3) is 0 Å². The molecule has 0 saturated heterocycles. The highest BCUT2D eigenvalue weighted by Gasteiger charge is 2.05. The van der Waals surface area contributed by atoms with Gasteiger partial charge in [0, 0.05) is 6.92 Å².